The molecule has 0 spiro atoms. The fraction of sp³-hybridized carbons (Fsp3) is 0.588. The highest BCUT2D eigenvalue weighted by atomic mass is 127. The molecule has 24 heavy (non-hydrogen) atoms. The number of carbonyl (C=O) groups excluding carboxylic acids is 1. The number of nitrogens with zero attached hydrogens (tertiary/aromatic N) is 4. The van der Waals surface area contributed by atoms with Gasteiger partial charge in [-0.15, -0.1) is 24.0 Å². The van der Waals surface area contributed by atoms with E-state index in [1.165, 1.54) is 6.42 Å². The number of amides is 1. The molecule has 0 saturated carbocycles. The van der Waals surface area contributed by atoms with E-state index in [9.17, 15) is 4.79 Å². The van der Waals surface area contributed by atoms with Crippen LogP contribution in [-0.4, -0.2) is 59.9 Å². The van der Waals surface area contributed by atoms with Crippen molar-refractivity contribution < 1.29 is 4.79 Å². The Morgan fingerprint density at radius 2 is 2.29 bits per heavy atom. The Hall–Kier alpha value is -1.38. The first kappa shape index (κ1) is 20.7. The van der Waals surface area contributed by atoms with Crippen LogP contribution in [0.4, 0.5) is 0 Å². The van der Waals surface area contributed by atoms with Gasteiger partial charge < -0.3 is 15.5 Å². The largest absolute Gasteiger partial charge is 0.370 e. The predicted octanol–water partition coefficient (Wildman–Crippen LogP) is 1.75. The van der Waals surface area contributed by atoms with Gasteiger partial charge in [0, 0.05) is 45.0 Å². The third kappa shape index (κ3) is 6.62. The maximum atomic E-state index is 12.1. The van der Waals surface area contributed by atoms with Crippen molar-refractivity contribution in [1.82, 2.24) is 14.8 Å². The summed E-state index contributed by atoms with van der Waals surface area (Å²) < 4.78 is 0. The van der Waals surface area contributed by atoms with E-state index in [0.717, 1.165) is 31.6 Å². The van der Waals surface area contributed by atoms with Gasteiger partial charge in [0.25, 0.3) is 0 Å². The van der Waals surface area contributed by atoms with Gasteiger partial charge in [0.1, 0.15) is 6.54 Å². The second-order valence-corrected chi connectivity index (χ2v) is 6.25. The van der Waals surface area contributed by atoms with Crippen molar-refractivity contribution in [2.45, 2.75) is 26.2 Å². The Balaban J connectivity index is 0.00000288. The van der Waals surface area contributed by atoms with Gasteiger partial charge >= 0.3 is 0 Å². The van der Waals surface area contributed by atoms with Crippen LogP contribution in [0.2, 0.25) is 0 Å². The first-order valence-corrected chi connectivity index (χ1v) is 8.25. The molecule has 0 aromatic carbocycles. The fourth-order valence-electron chi connectivity index (χ4n) is 2.72. The molecule has 2 N–H and O–H groups in total. The molecular weight excluding hydrogens is 417 g/mol. The van der Waals surface area contributed by atoms with Crippen LogP contribution in [-0.2, 0) is 11.2 Å². The molecule has 6 nitrogen and oxygen atoms in total. The number of piperidine rings is 1. The Morgan fingerprint density at radius 1 is 1.50 bits per heavy atom. The van der Waals surface area contributed by atoms with Gasteiger partial charge in [0.2, 0.25) is 5.91 Å². The number of likely N-dealkylation sites (N-methyl/N-ethyl adjacent to an activating group) is 1. The van der Waals surface area contributed by atoms with Crippen LogP contribution in [0.25, 0.3) is 0 Å². The van der Waals surface area contributed by atoms with Gasteiger partial charge in [-0.25, -0.2) is 4.99 Å². The van der Waals surface area contributed by atoms with E-state index in [-0.39, 0.29) is 36.4 Å². The summed E-state index contributed by atoms with van der Waals surface area (Å²) in [5, 5.41) is 0. The molecule has 1 aromatic heterocycles. The van der Waals surface area contributed by atoms with Gasteiger partial charge in [0.05, 0.1) is 0 Å². The van der Waals surface area contributed by atoms with Gasteiger partial charge in [-0.2, -0.15) is 0 Å². The lowest BCUT2D eigenvalue weighted by Gasteiger charge is -2.31. The molecule has 1 aliphatic rings. The van der Waals surface area contributed by atoms with E-state index in [2.05, 4.69) is 21.8 Å². The number of hydrogen-bond donors (Lipinski definition) is 1. The number of nitrogens with two attached hydrogens (primary N) is 1. The lowest BCUT2D eigenvalue weighted by Crippen LogP contribution is -2.44. The van der Waals surface area contributed by atoms with Crippen LogP contribution < -0.4 is 5.73 Å². The number of pyridine rings is 1. The van der Waals surface area contributed by atoms with Crippen molar-refractivity contribution in [3.63, 3.8) is 0 Å². The minimum absolute atomic E-state index is 0. The zero-order valence-electron chi connectivity index (χ0n) is 14.5. The zero-order chi connectivity index (χ0) is 16.7. The van der Waals surface area contributed by atoms with E-state index in [1.807, 2.05) is 18.2 Å². The number of rotatable bonds is 5. The summed E-state index contributed by atoms with van der Waals surface area (Å²) in [4.78, 5) is 24.4. The number of likely N-dealkylation sites (tertiary alicyclic amines) is 1. The molecule has 1 saturated heterocycles. The Kier molecular flexibility index (Phi) is 9.02. The van der Waals surface area contributed by atoms with E-state index in [1.54, 1.807) is 18.1 Å². The highest BCUT2D eigenvalue weighted by molar-refractivity contribution is 14.0. The lowest BCUT2D eigenvalue weighted by molar-refractivity contribution is -0.128. The zero-order valence-corrected chi connectivity index (χ0v) is 16.8. The Labute approximate surface area is 161 Å². The van der Waals surface area contributed by atoms with E-state index < -0.39 is 0 Å². The van der Waals surface area contributed by atoms with Crippen LogP contribution in [0.1, 0.15) is 25.5 Å². The first-order chi connectivity index (χ1) is 11.1. The number of aliphatic imine (C=N–C) groups is 1. The molecular formula is C17H28IN5O. The maximum absolute atomic E-state index is 12.1. The van der Waals surface area contributed by atoms with Gasteiger partial charge in [-0.3, -0.25) is 9.78 Å². The Morgan fingerprint density at radius 3 is 2.96 bits per heavy atom. The number of guanidine groups is 1. The number of hydrogen-bond acceptors (Lipinski definition) is 3. The fourth-order valence-corrected chi connectivity index (χ4v) is 2.72. The van der Waals surface area contributed by atoms with Crippen molar-refractivity contribution in [3.05, 3.63) is 30.1 Å². The molecule has 2 rings (SSSR count). The summed E-state index contributed by atoms with van der Waals surface area (Å²) in [5.41, 5.74) is 7.00. The summed E-state index contributed by atoms with van der Waals surface area (Å²) in [5.74, 6) is 1.10. The van der Waals surface area contributed by atoms with E-state index in [0.29, 0.717) is 18.4 Å². The molecule has 7 heteroatoms. The monoisotopic (exact) mass is 445 g/mol. The molecule has 1 unspecified atom stereocenters. The first-order valence-electron chi connectivity index (χ1n) is 8.25. The van der Waals surface area contributed by atoms with E-state index >= 15 is 0 Å². The normalized spacial score (nSPS) is 18.0. The van der Waals surface area contributed by atoms with Crippen molar-refractivity contribution in [3.8, 4) is 0 Å². The smallest absolute Gasteiger partial charge is 0.244 e. The van der Waals surface area contributed by atoms with Crippen LogP contribution >= 0.6 is 24.0 Å². The van der Waals surface area contributed by atoms with Crippen LogP contribution in [0.3, 0.4) is 0 Å². The molecule has 1 fully saturated rings. The maximum Gasteiger partial charge on any atom is 0.244 e. The molecule has 1 aliphatic heterocycles. The van der Waals surface area contributed by atoms with E-state index in [4.69, 9.17) is 5.73 Å². The summed E-state index contributed by atoms with van der Waals surface area (Å²) in [6, 6.07) is 5.80. The quantitative estimate of drug-likeness (QED) is 0.426. The summed E-state index contributed by atoms with van der Waals surface area (Å²) in [6.07, 6.45) is 4.88. The molecule has 0 aliphatic carbocycles. The standard InChI is InChI=1S/C17H27N5O.HI/c1-14-6-5-10-22(13-14)17(18)20-12-16(23)21(2)11-8-15-7-3-4-9-19-15;/h3-4,7,9,14H,5-6,8,10-13H2,1-2H3,(H2,18,20);1H. The minimum Gasteiger partial charge on any atom is -0.370 e. The van der Waals surface area contributed by atoms with Gasteiger partial charge in [0.15, 0.2) is 5.96 Å². The lowest BCUT2D eigenvalue weighted by atomic mass is 10.0. The SMILES string of the molecule is CC1CCCN(C(N)=NCC(=O)N(C)CCc2ccccn2)C1.I. The average molecular weight is 445 g/mol. The average Bonchev–Trinajstić information content (AvgIpc) is 2.58. The summed E-state index contributed by atoms with van der Waals surface area (Å²) in [6.45, 7) is 4.82. The number of carbonyl (C=O) groups is 1. The third-order valence-corrected chi connectivity index (χ3v) is 4.21. The molecule has 1 amide bonds. The second kappa shape index (κ2) is 10.5. The molecule has 1 aromatic rings. The summed E-state index contributed by atoms with van der Waals surface area (Å²) in [7, 11) is 1.79. The van der Waals surface area contributed by atoms with Gasteiger partial charge in [-0.1, -0.05) is 13.0 Å². The predicted molar refractivity (Wildman–Crippen MR) is 107 cm³/mol. The summed E-state index contributed by atoms with van der Waals surface area (Å²) >= 11 is 0. The van der Waals surface area contributed by atoms with Gasteiger partial charge in [-0.05, 0) is 30.9 Å². The highest BCUT2D eigenvalue weighted by Gasteiger charge is 2.18. The molecule has 134 valence electrons. The second-order valence-electron chi connectivity index (χ2n) is 6.25. The molecule has 0 radical (unpaired) electrons. The number of halogens is 1. The highest BCUT2D eigenvalue weighted by Crippen LogP contribution is 2.14. The van der Waals surface area contributed by atoms with Crippen LogP contribution in [0.5, 0.6) is 0 Å². The molecule has 0 bridgehead atoms. The number of aromatic nitrogens is 1. The third-order valence-electron chi connectivity index (χ3n) is 4.21. The molecule has 2 heterocycles. The van der Waals surface area contributed by atoms with Crippen molar-refractivity contribution >= 4 is 35.8 Å². The molecule has 1 atom stereocenters. The van der Waals surface area contributed by atoms with Crippen molar-refractivity contribution in [2.75, 3.05) is 33.2 Å². The Bertz CT molecular complexity index is 537. The van der Waals surface area contributed by atoms with Crippen LogP contribution in [0, 0.1) is 5.92 Å². The van der Waals surface area contributed by atoms with Crippen molar-refractivity contribution in [1.29, 1.82) is 0 Å². The van der Waals surface area contributed by atoms with Crippen LogP contribution in [0.15, 0.2) is 29.4 Å². The topological polar surface area (TPSA) is 74.8 Å². The minimum atomic E-state index is -0.0195. The van der Waals surface area contributed by atoms with Crippen molar-refractivity contribution in [2.24, 2.45) is 16.6 Å².